The summed E-state index contributed by atoms with van der Waals surface area (Å²) in [5.74, 6) is 0.643. The molecule has 0 heterocycles. The van der Waals surface area contributed by atoms with Gasteiger partial charge >= 0.3 is 5.97 Å². The molecule has 1 aromatic carbocycles. The molecular formula is C17H23NO5. The second kappa shape index (κ2) is 7.85. The number of amides is 1. The first-order chi connectivity index (χ1) is 11.0. The fourth-order valence-electron chi connectivity index (χ4n) is 2.14. The van der Waals surface area contributed by atoms with Gasteiger partial charge < -0.3 is 19.5 Å². The third-order valence-corrected chi connectivity index (χ3v) is 3.67. The molecule has 0 spiro atoms. The molecule has 1 aliphatic rings. The van der Waals surface area contributed by atoms with Gasteiger partial charge in [0.25, 0.3) is 5.91 Å². The Kier molecular flexibility index (Phi) is 5.84. The number of hydrogen-bond acceptors (Lipinski definition) is 5. The Balaban J connectivity index is 1.80. The summed E-state index contributed by atoms with van der Waals surface area (Å²) in [5, 5.41) is 2.81. The van der Waals surface area contributed by atoms with Crippen LogP contribution in [0.5, 0.6) is 11.5 Å². The van der Waals surface area contributed by atoms with Crippen LogP contribution in [0.1, 0.15) is 31.7 Å². The summed E-state index contributed by atoms with van der Waals surface area (Å²) in [6.45, 7) is 1.59. The molecule has 1 fully saturated rings. The molecule has 1 aromatic rings. The van der Waals surface area contributed by atoms with Gasteiger partial charge in [0.05, 0.1) is 14.2 Å². The van der Waals surface area contributed by atoms with Gasteiger partial charge in [-0.3, -0.25) is 9.59 Å². The van der Waals surface area contributed by atoms with Crippen LogP contribution in [0.25, 0.3) is 0 Å². The number of esters is 1. The molecule has 6 heteroatoms. The van der Waals surface area contributed by atoms with Crippen molar-refractivity contribution in [3.8, 4) is 11.5 Å². The zero-order valence-corrected chi connectivity index (χ0v) is 13.8. The minimum Gasteiger partial charge on any atom is -0.493 e. The van der Waals surface area contributed by atoms with Crippen LogP contribution in [0, 0.1) is 0 Å². The molecule has 1 saturated carbocycles. The zero-order valence-electron chi connectivity index (χ0n) is 13.8. The molecule has 0 unspecified atom stereocenters. The van der Waals surface area contributed by atoms with E-state index in [0.717, 1.165) is 18.4 Å². The van der Waals surface area contributed by atoms with E-state index in [0.29, 0.717) is 17.9 Å². The molecule has 0 aliphatic heterocycles. The van der Waals surface area contributed by atoms with Crippen molar-refractivity contribution in [3.63, 3.8) is 0 Å². The van der Waals surface area contributed by atoms with E-state index in [4.69, 9.17) is 14.2 Å². The molecule has 1 atom stereocenters. The standard InChI is InChI=1S/C17H23NO5/c1-11(17(20)18-13-6-7-13)23-16(19)9-5-12-4-8-14(21-2)15(10-12)22-3/h4,8,10-11,13H,5-7,9H2,1-3H3,(H,18,20)/t11-/m0/s1. The molecule has 2 rings (SSSR count). The van der Waals surface area contributed by atoms with Crippen molar-refractivity contribution in [2.75, 3.05) is 14.2 Å². The molecule has 0 radical (unpaired) electrons. The number of hydrogen-bond donors (Lipinski definition) is 1. The lowest BCUT2D eigenvalue weighted by Gasteiger charge is -2.13. The van der Waals surface area contributed by atoms with E-state index in [2.05, 4.69) is 5.32 Å². The van der Waals surface area contributed by atoms with Crippen LogP contribution < -0.4 is 14.8 Å². The van der Waals surface area contributed by atoms with Gasteiger partial charge in [0.2, 0.25) is 0 Å². The summed E-state index contributed by atoms with van der Waals surface area (Å²) in [5.41, 5.74) is 0.940. The number of nitrogens with one attached hydrogen (secondary N) is 1. The summed E-state index contributed by atoms with van der Waals surface area (Å²) >= 11 is 0. The Hall–Kier alpha value is -2.24. The number of carbonyl (C=O) groups is 2. The summed E-state index contributed by atoms with van der Waals surface area (Å²) in [7, 11) is 3.14. The molecule has 0 bridgehead atoms. The summed E-state index contributed by atoms with van der Waals surface area (Å²) in [6.07, 6.45) is 1.97. The quantitative estimate of drug-likeness (QED) is 0.740. The van der Waals surface area contributed by atoms with Crippen molar-refractivity contribution < 1.29 is 23.8 Å². The van der Waals surface area contributed by atoms with Gasteiger partial charge in [-0.25, -0.2) is 0 Å². The number of rotatable bonds is 8. The molecule has 0 aromatic heterocycles. The Morgan fingerprint density at radius 2 is 1.91 bits per heavy atom. The normalized spacial score (nSPS) is 14.7. The van der Waals surface area contributed by atoms with Crippen molar-refractivity contribution in [2.24, 2.45) is 0 Å². The summed E-state index contributed by atoms with van der Waals surface area (Å²) in [6, 6.07) is 5.76. The summed E-state index contributed by atoms with van der Waals surface area (Å²) < 4.78 is 15.6. The Morgan fingerprint density at radius 3 is 2.52 bits per heavy atom. The second-order valence-corrected chi connectivity index (χ2v) is 5.60. The first-order valence-corrected chi connectivity index (χ1v) is 7.74. The van der Waals surface area contributed by atoms with Crippen LogP contribution in [0.15, 0.2) is 18.2 Å². The largest absolute Gasteiger partial charge is 0.493 e. The molecule has 6 nitrogen and oxygen atoms in total. The lowest BCUT2D eigenvalue weighted by atomic mass is 10.1. The lowest BCUT2D eigenvalue weighted by molar-refractivity contribution is -0.154. The highest BCUT2D eigenvalue weighted by molar-refractivity contribution is 5.83. The van der Waals surface area contributed by atoms with Gasteiger partial charge in [-0.2, -0.15) is 0 Å². The Bertz CT molecular complexity index is 568. The number of methoxy groups -OCH3 is 2. The van der Waals surface area contributed by atoms with E-state index in [9.17, 15) is 9.59 Å². The van der Waals surface area contributed by atoms with Crippen LogP contribution >= 0.6 is 0 Å². The molecular weight excluding hydrogens is 298 g/mol. The minimum atomic E-state index is -0.756. The molecule has 1 aliphatic carbocycles. The Morgan fingerprint density at radius 1 is 1.22 bits per heavy atom. The highest BCUT2D eigenvalue weighted by Gasteiger charge is 2.27. The van der Waals surface area contributed by atoms with Crippen LogP contribution in [-0.4, -0.2) is 38.2 Å². The fraction of sp³-hybridized carbons (Fsp3) is 0.529. The van der Waals surface area contributed by atoms with Crippen molar-refractivity contribution in [1.82, 2.24) is 5.32 Å². The number of aryl methyl sites for hydroxylation is 1. The van der Waals surface area contributed by atoms with Crippen LogP contribution in [0.4, 0.5) is 0 Å². The molecule has 126 valence electrons. The molecule has 23 heavy (non-hydrogen) atoms. The van der Waals surface area contributed by atoms with Gasteiger partial charge in [-0.1, -0.05) is 6.07 Å². The first kappa shape index (κ1) is 17.1. The average Bonchev–Trinajstić information content (AvgIpc) is 3.36. The van der Waals surface area contributed by atoms with Crippen molar-refractivity contribution in [2.45, 2.75) is 44.8 Å². The van der Waals surface area contributed by atoms with Crippen LogP contribution in [0.3, 0.4) is 0 Å². The van der Waals surface area contributed by atoms with Crippen molar-refractivity contribution in [1.29, 1.82) is 0 Å². The van der Waals surface area contributed by atoms with E-state index in [1.54, 1.807) is 27.2 Å². The maximum Gasteiger partial charge on any atom is 0.306 e. The zero-order chi connectivity index (χ0) is 16.8. The molecule has 0 saturated heterocycles. The highest BCUT2D eigenvalue weighted by Crippen LogP contribution is 2.28. The van der Waals surface area contributed by atoms with Gasteiger partial charge in [0.1, 0.15) is 0 Å². The lowest BCUT2D eigenvalue weighted by Crippen LogP contribution is -2.37. The topological polar surface area (TPSA) is 73.9 Å². The van der Waals surface area contributed by atoms with Gasteiger partial charge in [-0.05, 0) is 43.9 Å². The van der Waals surface area contributed by atoms with E-state index in [1.807, 2.05) is 12.1 Å². The predicted octanol–water partition coefficient (Wildman–Crippen LogP) is 1.85. The maximum atomic E-state index is 11.9. The van der Waals surface area contributed by atoms with E-state index < -0.39 is 12.1 Å². The number of benzene rings is 1. The minimum absolute atomic E-state index is 0.205. The average molecular weight is 321 g/mol. The van der Waals surface area contributed by atoms with Gasteiger partial charge in [-0.15, -0.1) is 0 Å². The predicted molar refractivity (Wildman–Crippen MR) is 84.6 cm³/mol. The monoisotopic (exact) mass is 321 g/mol. The maximum absolute atomic E-state index is 11.9. The third kappa shape index (κ3) is 5.16. The first-order valence-electron chi connectivity index (χ1n) is 7.74. The smallest absolute Gasteiger partial charge is 0.306 e. The Labute approximate surface area is 136 Å². The molecule has 1 amide bonds. The van der Waals surface area contributed by atoms with Crippen LogP contribution in [0.2, 0.25) is 0 Å². The van der Waals surface area contributed by atoms with Crippen molar-refractivity contribution >= 4 is 11.9 Å². The SMILES string of the molecule is COc1ccc(CCC(=O)O[C@@H](C)C(=O)NC2CC2)cc1OC. The third-order valence-electron chi connectivity index (χ3n) is 3.67. The van der Waals surface area contributed by atoms with E-state index in [-0.39, 0.29) is 18.4 Å². The second-order valence-electron chi connectivity index (χ2n) is 5.60. The molecule has 1 N–H and O–H groups in total. The van der Waals surface area contributed by atoms with Crippen LogP contribution in [-0.2, 0) is 20.7 Å². The highest BCUT2D eigenvalue weighted by atomic mass is 16.5. The van der Waals surface area contributed by atoms with E-state index >= 15 is 0 Å². The van der Waals surface area contributed by atoms with E-state index in [1.165, 1.54) is 0 Å². The number of carbonyl (C=O) groups excluding carboxylic acids is 2. The van der Waals surface area contributed by atoms with Gasteiger partial charge in [0.15, 0.2) is 17.6 Å². The van der Waals surface area contributed by atoms with Crippen molar-refractivity contribution in [3.05, 3.63) is 23.8 Å². The summed E-state index contributed by atoms with van der Waals surface area (Å²) in [4.78, 5) is 23.6. The fourth-order valence-corrected chi connectivity index (χ4v) is 2.14. The number of ether oxygens (including phenoxy) is 3. The van der Waals surface area contributed by atoms with Gasteiger partial charge in [0, 0.05) is 12.5 Å².